The number of carboxylic acid groups (broad SMARTS) is 1. The lowest BCUT2D eigenvalue weighted by Gasteiger charge is -2.30. The smallest absolute Gasteiger partial charge is 0.306 e. The Hall–Kier alpha value is -1.59. The standard InChI is InChI=1S/C15H17ClN2O3/c16-11-5-10-7-17-18-13(10)12(6-11)14(19)8-1-3-9(4-2-8)15(20)21/h5-9,14,19H,1-4H2,(H,17,18)(H,20,21). The van der Waals surface area contributed by atoms with Crippen LogP contribution in [0.2, 0.25) is 5.02 Å². The van der Waals surface area contributed by atoms with Gasteiger partial charge in [0, 0.05) is 16.0 Å². The van der Waals surface area contributed by atoms with Crippen molar-refractivity contribution in [1.29, 1.82) is 0 Å². The average molecular weight is 309 g/mol. The van der Waals surface area contributed by atoms with Gasteiger partial charge < -0.3 is 10.2 Å². The minimum atomic E-state index is -0.735. The lowest BCUT2D eigenvalue weighted by molar-refractivity contribution is -0.143. The summed E-state index contributed by atoms with van der Waals surface area (Å²) in [6.07, 6.45) is 3.67. The molecule has 3 N–H and O–H groups in total. The Balaban J connectivity index is 1.83. The van der Waals surface area contributed by atoms with E-state index >= 15 is 0 Å². The number of nitrogens with zero attached hydrogens (tertiary/aromatic N) is 1. The largest absolute Gasteiger partial charge is 0.481 e. The SMILES string of the molecule is O=C(O)C1CCC(C(O)c2cc(Cl)cc3cn[nH]c23)CC1. The van der Waals surface area contributed by atoms with E-state index in [-0.39, 0.29) is 11.8 Å². The number of hydrogen-bond donors (Lipinski definition) is 3. The Morgan fingerprint density at radius 1 is 1.33 bits per heavy atom. The second kappa shape index (κ2) is 5.66. The average Bonchev–Trinajstić information content (AvgIpc) is 2.93. The third-order valence-corrected chi connectivity index (χ3v) is 4.65. The Morgan fingerprint density at radius 2 is 2.05 bits per heavy atom. The molecule has 1 fully saturated rings. The van der Waals surface area contributed by atoms with E-state index in [9.17, 15) is 9.90 Å². The van der Waals surface area contributed by atoms with E-state index in [1.54, 1.807) is 18.3 Å². The summed E-state index contributed by atoms with van der Waals surface area (Å²) >= 11 is 6.10. The van der Waals surface area contributed by atoms with Gasteiger partial charge in [0.1, 0.15) is 0 Å². The number of carbonyl (C=O) groups is 1. The maximum absolute atomic E-state index is 11.0. The Labute approximate surface area is 126 Å². The van der Waals surface area contributed by atoms with Crippen LogP contribution < -0.4 is 0 Å². The number of aliphatic hydroxyl groups is 1. The molecule has 5 nitrogen and oxygen atoms in total. The first-order valence-electron chi connectivity index (χ1n) is 7.09. The van der Waals surface area contributed by atoms with Crippen molar-refractivity contribution in [3.8, 4) is 0 Å². The minimum Gasteiger partial charge on any atom is -0.481 e. The number of hydrogen-bond acceptors (Lipinski definition) is 3. The molecule has 2 aromatic rings. The molecule has 21 heavy (non-hydrogen) atoms. The molecule has 6 heteroatoms. The predicted octanol–water partition coefficient (Wildman–Crippen LogP) is 3.14. The molecule has 0 aliphatic heterocycles. The zero-order chi connectivity index (χ0) is 15.0. The molecule has 1 heterocycles. The van der Waals surface area contributed by atoms with Crippen molar-refractivity contribution in [3.05, 3.63) is 28.9 Å². The van der Waals surface area contributed by atoms with Crippen molar-refractivity contribution >= 4 is 28.5 Å². The van der Waals surface area contributed by atoms with Crippen LogP contribution in [0, 0.1) is 11.8 Å². The second-order valence-electron chi connectivity index (χ2n) is 5.72. The fourth-order valence-corrected chi connectivity index (χ4v) is 3.45. The fourth-order valence-electron chi connectivity index (χ4n) is 3.22. The molecule has 0 spiro atoms. The van der Waals surface area contributed by atoms with Gasteiger partial charge in [-0.1, -0.05) is 11.6 Å². The highest BCUT2D eigenvalue weighted by molar-refractivity contribution is 6.31. The number of fused-ring (bicyclic) bond motifs is 1. The van der Waals surface area contributed by atoms with E-state index in [0.717, 1.165) is 16.5 Å². The highest BCUT2D eigenvalue weighted by Gasteiger charge is 2.31. The molecular formula is C15H17ClN2O3. The van der Waals surface area contributed by atoms with Gasteiger partial charge in [-0.15, -0.1) is 0 Å². The molecule has 3 rings (SSSR count). The molecule has 1 saturated carbocycles. The van der Waals surface area contributed by atoms with Crippen LogP contribution in [0.1, 0.15) is 37.4 Å². The van der Waals surface area contributed by atoms with Crippen LogP contribution in [0.4, 0.5) is 0 Å². The van der Waals surface area contributed by atoms with Crippen molar-refractivity contribution in [2.45, 2.75) is 31.8 Å². The topological polar surface area (TPSA) is 86.2 Å². The summed E-state index contributed by atoms with van der Waals surface area (Å²) in [6, 6.07) is 3.56. The number of aliphatic carboxylic acids is 1. The zero-order valence-corrected chi connectivity index (χ0v) is 12.2. The summed E-state index contributed by atoms with van der Waals surface area (Å²) < 4.78 is 0. The quantitative estimate of drug-likeness (QED) is 0.813. The van der Waals surface area contributed by atoms with Crippen molar-refractivity contribution in [2.75, 3.05) is 0 Å². The molecule has 0 radical (unpaired) electrons. The number of carboxylic acids is 1. The van der Waals surface area contributed by atoms with Gasteiger partial charge in [0.15, 0.2) is 0 Å². The predicted molar refractivity (Wildman–Crippen MR) is 79.1 cm³/mol. The zero-order valence-electron chi connectivity index (χ0n) is 11.4. The molecule has 1 aromatic heterocycles. The number of aliphatic hydroxyl groups excluding tert-OH is 1. The molecule has 0 amide bonds. The van der Waals surface area contributed by atoms with Gasteiger partial charge in [-0.25, -0.2) is 0 Å². The third kappa shape index (κ3) is 2.76. The van der Waals surface area contributed by atoms with Crippen LogP contribution in [-0.4, -0.2) is 26.4 Å². The molecule has 1 aliphatic rings. The van der Waals surface area contributed by atoms with Crippen LogP contribution in [-0.2, 0) is 4.79 Å². The molecule has 1 aliphatic carbocycles. The summed E-state index contributed by atoms with van der Waals surface area (Å²) in [7, 11) is 0. The molecular weight excluding hydrogens is 292 g/mol. The molecule has 1 atom stereocenters. The van der Waals surface area contributed by atoms with E-state index < -0.39 is 12.1 Å². The van der Waals surface area contributed by atoms with Gasteiger partial charge in [-0.3, -0.25) is 9.89 Å². The summed E-state index contributed by atoms with van der Waals surface area (Å²) in [5, 5.41) is 28.0. The van der Waals surface area contributed by atoms with Crippen molar-refractivity contribution < 1.29 is 15.0 Å². The summed E-state index contributed by atoms with van der Waals surface area (Å²) in [5.74, 6) is -0.952. The second-order valence-corrected chi connectivity index (χ2v) is 6.16. The van der Waals surface area contributed by atoms with Crippen LogP contribution >= 0.6 is 11.6 Å². The number of rotatable bonds is 3. The normalized spacial score (nSPS) is 24.1. The van der Waals surface area contributed by atoms with E-state index in [4.69, 9.17) is 16.7 Å². The van der Waals surface area contributed by atoms with Gasteiger partial charge in [0.25, 0.3) is 0 Å². The first-order chi connectivity index (χ1) is 10.1. The highest BCUT2D eigenvalue weighted by atomic mass is 35.5. The van der Waals surface area contributed by atoms with E-state index in [2.05, 4.69) is 10.2 Å². The van der Waals surface area contributed by atoms with Crippen molar-refractivity contribution in [2.24, 2.45) is 11.8 Å². The van der Waals surface area contributed by atoms with E-state index in [0.29, 0.717) is 30.7 Å². The van der Waals surface area contributed by atoms with Crippen LogP contribution in [0.25, 0.3) is 10.9 Å². The maximum Gasteiger partial charge on any atom is 0.306 e. The van der Waals surface area contributed by atoms with Gasteiger partial charge in [0.2, 0.25) is 0 Å². The van der Waals surface area contributed by atoms with Gasteiger partial charge in [-0.2, -0.15) is 5.10 Å². The van der Waals surface area contributed by atoms with E-state index in [1.807, 2.05) is 0 Å². The molecule has 112 valence electrons. The van der Waals surface area contributed by atoms with E-state index in [1.165, 1.54) is 0 Å². The molecule has 1 unspecified atom stereocenters. The first kappa shape index (κ1) is 14.4. The number of benzene rings is 1. The number of H-pyrrole nitrogens is 1. The number of halogens is 1. The summed E-state index contributed by atoms with van der Waals surface area (Å²) in [4.78, 5) is 11.0. The van der Waals surface area contributed by atoms with Crippen molar-refractivity contribution in [3.63, 3.8) is 0 Å². The Kier molecular flexibility index (Phi) is 3.87. The lowest BCUT2D eigenvalue weighted by Crippen LogP contribution is -2.25. The molecule has 0 saturated heterocycles. The fraction of sp³-hybridized carbons (Fsp3) is 0.467. The van der Waals surface area contributed by atoms with Crippen LogP contribution in [0.3, 0.4) is 0 Å². The molecule has 1 aromatic carbocycles. The van der Waals surface area contributed by atoms with Gasteiger partial charge in [0.05, 0.1) is 23.7 Å². The number of aromatic nitrogens is 2. The number of nitrogens with one attached hydrogen (secondary N) is 1. The van der Waals surface area contributed by atoms with Crippen LogP contribution in [0.5, 0.6) is 0 Å². The first-order valence-corrected chi connectivity index (χ1v) is 7.47. The summed E-state index contributed by atoms with van der Waals surface area (Å²) in [6.45, 7) is 0. The van der Waals surface area contributed by atoms with Crippen molar-refractivity contribution in [1.82, 2.24) is 10.2 Å². The minimum absolute atomic E-state index is 0.0607. The Bertz CT molecular complexity index is 662. The molecule has 0 bridgehead atoms. The Morgan fingerprint density at radius 3 is 2.71 bits per heavy atom. The third-order valence-electron chi connectivity index (χ3n) is 4.43. The van der Waals surface area contributed by atoms with Gasteiger partial charge >= 0.3 is 5.97 Å². The monoisotopic (exact) mass is 308 g/mol. The maximum atomic E-state index is 11.0. The highest BCUT2D eigenvalue weighted by Crippen LogP contribution is 2.39. The number of aromatic amines is 1. The lowest BCUT2D eigenvalue weighted by atomic mass is 9.77. The van der Waals surface area contributed by atoms with Gasteiger partial charge in [-0.05, 0) is 43.7 Å². The van der Waals surface area contributed by atoms with Crippen LogP contribution in [0.15, 0.2) is 18.3 Å². The summed E-state index contributed by atoms with van der Waals surface area (Å²) in [5.41, 5.74) is 1.54.